The summed E-state index contributed by atoms with van der Waals surface area (Å²) in [7, 11) is 0. The zero-order chi connectivity index (χ0) is 69.8. The number of amidine groups is 4. The minimum absolute atomic E-state index is 0.312. The average Bonchev–Trinajstić information content (AvgIpc) is 1.57. The molecule has 106 heavy (non-hydrogen) atoms. The molecule has 2 unspecified atom stereocenters. The van der Waals surface area contributed by atoms with Gasteiger partial charge in [-0.15, -0.1) is 0 Å². The van der Waals surface area contributed by atoms with Crippen molar-refractivity contribution >= 4 is 111 Å². The SMILES string of the molecule is c1ccc(C2=NC(c3ccc(-c4ccc(-c5cccc(-n6c7ccccc7c7cc8c(cc76)oc6cc(-c7ccc(C9N=C(c%10ccccc%10)N=C(c%10ccccc%10)N9)cc7)ccc68)c5)cc4)cc3)NC(c3ccc(-c4ccc5c(c4)oc4cc6c(cc45)c4ccccc4n6-c4ccccc4)cc3)=N2)cc1. The molecule has 10 nitrogen and oxygen atoms in total. The summed E-state index contributed by atoms with van der Waals surface area (Å²) in [6.45, 7) is 0. The molecule has 2 N–H and O–H groups in total. The first-order chi connectivity index (χ1) is 52.5. The Balaban J connectivity index is 0.529. The zero-order valence-electron chi connectivity index (χ0n) is 57.1. The van der Waals surface area contributed by atoms with Crippen LogP contribution in [-0.4, -0.2) is 32.5 Å². The van der Waals surface area contributed by atoms with Crippen LogP contribution >= 0.6 is 0 Å². The number of furan rings is 2. The molecular formula is C96H62N8O2. The van der Waals surface area contributed by atoms with Crippen LogP contribution in [0.1, 0.15) is 45.7 Å². The number of para-hydroxylation sites is 3. The Morgan fingerprint density at radius 1 is 0.226 bits per heavy atom. The molecule has 21 rings (SSSR count). The number of hydrogen-bond acceptors (Lipinski definition) is 8. The van der Waals surface area contributed by atoms with Crippen molar-refractivity contribution in [3.05, 3.63) is 385 Å². The van der Waals surface area contributed by atoms with Gasteiger partial charge in [-0.1, -0.05) is 267 Å². The van der Waals surface area contributed by atoms with Crippen molar-refractivity contribution in [2.45, 2.75) is 12.3 Å². The van der Waals surface area contributed by atoms with Crippen molar-refractivity contribution in [1.29, 1.82) is 0 Å². The second-order valence-corrected chi connectivity index (χ2v) is 27.4. The predicted molar refractivity (Wildman–Crippen MR) is 435 cm³/mol. The highest BCUT2D eigenvalue weighted by atomic mass is 16.3. The summed E-state index contributed by atoms with van der Waals surface area (Å²) in [5, 5.41) is 16.4. The molecule has 2 aliphatic heterocycles. The molecule has 0 saturated heterocycles. The van der Waals surface area contributed by atoms with Gasteiger partial charge in [-0.05, 0) is 128 Å². The maximum atomic E-state index is 6.84. The summed E-state index contributed by atoms with van der Waals surface area (Å²) in [4.78, 5) is 20.4. The molecule has 0 spiro atoms. The minimum atomic E-state index is -0.373. The number of nitrogens with zero attached hydrogens (tertiary/aromatic N) is 6. The zero-order valence-corrected chi connectivity index (χ0v) is 57.1. The van der Waals surface area contributed by atoms with E-state index < -0.39 is 0 Å². The number of fused-ring (bicyclic) bond motifs is 12. The van der Waals surface area contributed by atoms with Crippen LogP contribution in [0, 0.1) is 0 Å². The number of aliphatic imine (C=N–C) groups is 4. The Hall–Kier alpha value is -14.2. The van der Waals surface area contributed by atoms with E-state index in [1.54, 1.807) is 0 Å². The van der Waals surface area contributed by atoms with Gasteiger partial charge < -0.3 is 28.6 Å². The number of nitrogens with one attached hydrogen (secondary N) is 2. The third-order valence-corrected chi connectivity index (χ3v) is 21.1. The van der Waals surface area contributed by atoms with E-state index in [1.165, 1.54) is 27.1 Å². The molecule has 19 aromatic rings. The summed E-state index contributed by atoms with van der Waals surface area (Å²) >= 11 is 0. The lowest BCUT2D eigenvalue weighted by atomic mass is 9.98. The van der Waals surface area contributed by atoms with E-state index in [0.29, 0.717) is 11.7 Å². The van der Waals surface area contributed by atoms with Gasteiger partial charge in [0.05, 0.1) is 22.1 Å². The van der Waals surface area contributed by atoms with E-state index in [0.717, 1.165) is 161 Å². The standard InChI is InChI=1S/C96H62N8O2/c1-5-18-64(19-6-1)91-97-92(65-20-7-2-8-21-65)99-94(98-91)68-44-38-62(39-45-68)72-49-51-78-82-56-80-76-29-14-16-31-84(76)104(86(80)58-90(82)106-88(78)54-72)74-27-17-24-70(52-74)61-34-32-59(33-35-61)60-36-42-67(43-37-60)95-100-93(66-22-9-3-10-23-66)101-96(102-95)69-46-40-63(41-47-69)71-48-50-77-81-55-79-75-28-13-15-30-83(75)103(73-25-11-4-12-26-73)85(79)57-89(81)105-87(77)53-71/h1-58,94-95H,(H,97,98,99)(H,100,101,102). The van der Waals surface area contributed by atoms with E-state index >= 15 is 0 Å². The van der Waals surface area contributed by atoms with Crippen molar-refractivity contribution in [1.82, 2.24) is 19.8 Å². The van der Waals surface area contributed by atoms with E-state index in [-0.39, 0.29) is 12.3 Å². The van der Waals surface area contributed by atoms with E-state index in [1.807, 2.05) is 54.6 Å². The van der Waals surface area contributed by atoms with Gasteiger partial charge in [-0.3, -0.25) is 0 Å². The second kappa shape index (κ2) is 24.8. The van der Waals surface area contributed by atoms with Gasteiger partial charge in [0.15, 0.2) is 11.7 Å². The molecule has 0 bridgehead atoms. The van der Waals surface area contributed by atoms with Gasteiger partial charge in [0.25, 0.3) is 0 Å². The van der Waals surface area contributed by atoms with Crippen LogP contribution in [-0.2, 0) is 0 Å². The van der Waals surface area contributed by atoms with E-state index in [9.17, 15) is 0 Å². The summed E-state index contributed by atoms with van der Waals surface area (Å²) in [5.74, 6) is 2.93. The van der Waals surface area contributed by atoms with Crippen LogP contribution in [0.3, 0.4) is 0 Å². The van der Waals surface area contributed by atoms with Gasteiger partial charge in [-0.2, -0.15) is 0 Å². The molecule has 4 aromatic heterocycles. The van der Waals surface area contributed by atoms with Gasteiger partial charge in [-0.25, -0.2) is 20.0 Å². The Morgan fingerprint density at radius 3 is 1.04 bits per heavy atom. The van der Waals surface area contributed by atoms with Crippen molar-refractivity contribution in [2.75, 3.05) is 0 Å². The monoisotopic (exact) mass is 1360 g/mol. The fraction of sp³-hybridized carbons (Fsp3) is 0.0208. The Bertz CT molecular complexity index is 6830. The first kappa shape index (κ1) is 60.5. The molecule has 15 aromatic carbocycles. The van der Waals surface area contributed by atoms with Gasteiger partial charge in [0, 0.05) is 88.9 Å². The molecule has 6 heterocycles. The largest absolute Gasteiger partial charge is 0.456 e. The average molecular weight is 1360 g/mol. The molecule has 0 fully saturated rings. The lowest BCUT2D eigenvalue weighted by molar-refractivity contribution is 0.669. The molecule has 0 aliphatic carbocycles. The van der Waals surface area contributed by atoms with Gasteiger partial charge in [0.2, 0.25) is 0 Å². The van der Waals surface area contributed by atoms with Gasteiger partial charge >= 0.3 is 0 Å². The number of benzene rings is 15. The van der Waals surface area contributed by atoms with Crippen LogP contribution in [0.2, 0.25) is 0 Å². The second-order valence-electron chi connectivity index (χ2n) is 27.4. The maximum absolute atomic E-state index is 6.84. The van der Waals surface area contributed by atoms with Crippen molar-refractivity contribution in [3.63, 3.8) is 0 Å². The molecule has 0 amide bonds. The predicted octanol–water partition coefficient (Wildman–Crippen LogP) is 23.3. The number of aromatic nitrogens is 2. The minimum Gasteiger partial charge on any atom is -0.456 e. The number of hydrogen-bond donors (Lipinski definition) is 2. The molecule has 10 heteroatoms. The lowest BCUT2D eigenvalue weighted by Gasteiger charge is -2.24. The van der Waals surface area contributed by atoms with Crippen LogP contribution in [0.25, 0.3) is 143 Å². The highest BCUT2D eigenvalue weighted by Gasteiger charge is 2.26. The molecule has 498 valence electrons. The highest BCUT2D eigenvalue weighted by molar-refractivity contribution is 6.20. The van der Waals surface area contributed by atoms with E-state index in [2.05, 4.69) is 317 Å². The van der Waals surface area contributed by atoms with Crippen LogP contribution in [0.5, 0.6) is 0 Å². The van der Waals surface area contributed by atoms with Crippen molar-refractivity contribution in [2.24, 2.45) is 20.0 Å². The quantitative estimate of drug-likeness (QED) is 0.127. The third kappa shape index (κ3) is 10.5. The summed E-state index contributed by atoms with van der Waals surface area (Å²) in [5.41, 5.74) is 24.9. The Kier molecular flexibility index (Phi) is 14.2. The summed E-state index contributed by atoms with van der Waals surface area (Å²) in [6, 6.07) is 124. The Labute approximate surface area is 609 Å². The first-order valence-electron chi connectivity index (χ1n) is 35.9. The normalized spacial score (nSPS) is 14.6. The van der Waals surface area contributed by atoms with Crippen LogP contribution in [0.4, 0.5) is 0 Å². The summed E-state index contributed by atoms with van der Waals surface area (Å²) in [6.07, 6.45) is -0.685. The summed E-state index contributed by atoms with van der Waals surface area (Å²) < 4.78 is 18.2. The number of rotatable bonds is 12. The molecule has 0 radical (unpaired) electrons. The topological polar surface area (TPSA) is 110 Å². The van der Waals surface area contributed by atoms with Gasteiger partial charge in [0.1, 0.15) is 46.3 Å². The van der Waals surface area contributed by atoms with E-state index in [4.69, 9.17) is 28.8 Å². The first-order valence-corrected chi connectivity index (χ1v) is 35.9. The fourth-order valence-corrected chi connectivity index (χ4v) is 15.7. The van der Waals surface area contributed by atoms with Crippen molar-refractivity contribution in [3.8, 4) is 55.9 Å². The van der Waals surface area contributed by atoms with Crippen LogP contribution < -0.4 is 10.6 Å². The molecule has 0 saturated carbocycles. The highest BCUT2D eigenvalue weighted by Crippen LogP contribution is 2.43. The lowest BCUT2D eigenvalue weighted by Crippen LogP contribution is -2.33. The molecular weight excluding hydrogens is 1300 g/mol. The molecule has 2 aliphatic rings. The maximum Gasteiger partial charge on any atom is 0.159 e. The van der Waals surface area contributed by atoms with Crippen LogP contribution in [0.15, 0.2) is 381 Å². The molecule has 2 atom stereocenters. The Morgan fingerprint density at radius 2 is 0.566 bits per heavy atom. The smallest absolute Gasteiger partial charge is 0.159 e. The fourth-order valence-electron chi connectivity index (χ4n) is 15.7. The van der Waals surface area contributed by atoms with Crippen molar-refractivity contribution < 1.29 is 8.83 Å². The third-order valence-electron chi connectivity index (χ3n) is 21.1.